The van der Waals surface area contributed by atoms with Gasteiger partial charge in [-0.25, -0.2) is 4.79 Å². The SMILES string of the molecule is O=c1oc2ccccc2oc2cc(CO)cc(I)c2o1. The van der Waals surface area contributed by atoms with E-state index in [1.54, 1.807) is 36.4 Å². The minimum atomic E-state index is -0.823. The number of rotatable bonds is 1. The van der Waals surface area contributed by atoms with Crippen LogP contribution in [0.25, 0.3) is 22.3 Å². The molecule has 0 aliphatic rings. The van der Waals surface area contributed by atoms with Crippen LogP contribution in [0.15, 0.2) is 54.4 Å². The second kappa shape index (κ2) is 5.29. The summed E-state index contributed by atoms with van der Waals surface area (Å²) in [6, 6.07) is 10.1. The van der Waals surface area contributed by atoms with Gasteiger partial charge in [0.1, 0.15) is 0 Å². The van der Waals surface area contributed by atoms with E-state index >= 15 is 0 Å². The molecule has 102 valence electrons. The van der Waals surface area contributed by atoms with Crippen LogP contribution in [-0.2, 0) is 6.61 Å². The van der Waals surface area contributed by atoms with Crippen molar-refractivity contribution in [2.45, 2.75) is 6.61 Å². The van der Waals surface area contributed by atoms with Crippen molar-refractivity contribution in [1.29, 1.82) is 0 Å². The number of hydrogen-bond donors (Lipinski definition) is 1. The summed E-state index contributed by atoms with van der Waals surface area (Å²) in [5.74, 6) is -0.823. The predicted molar refractivity (Wildman–Crippen MR) is 80.8 cm³/mol. The highest BCUT2D eigenvalue weighted by molar-refractivity contribution is 14.1. The standard InChI is InChI=1S/C14H9IO5/c15-9-5-8(7-16)6-12-13(9)20-14(17)19-11-4-2-1-3-10(11)18-12/h1-6,16H,7H2. The first-order chi connectivity index (χ1) is 9.67. The molecule has 0 saturated heterocycles. The zero-order valence-corrected chi connectivity index (χ0v) is 12.3. The van der Waals surface area contributed by atoms with Gasteiger partial charge in [-0.2, -0.15) is 0 Å². The maximum Gasteiger partial charge on any atom is 0.519 e. The molecule has 20 heavy (non-hydrogen) atoms. The Bertz CT molecular complexity index is 885. The molecule has 0 atom stereocenters. The average Bonchev–Trinajstić information content (AvgIpc) is 2.42. The van der Waals surface area contributed by atoms with E-state index in [0.29, 0.717) is 20.3 Å². The highest BCUT2D eigenvalue weighted by Crippen LogP contribution is 2.23. The van der Waals surface area contributed by atoms with E-state index in [1.165, 1.54) is 0 Å². The van der Waals surface area contributed by atoms with Crippen molar-refractivity contribution in [2.75, 3.05) is 0 Å². The van der Waals surface area contributed by atoms with Crippen LogP contribution >= 0.6 is 22.6 Å². The van der Waals surface area contributed by atoms with E-state index in [2.05, 4.69) is 0 Å². The lowest BCUT2D eigenvalue weighted by Gasteiger charge is -2.01. The molecule has 0 aliphatic heterocycles. The summed E-state index contributed by atoms with van der Waals surface area (Å²) in [4.78, 5) is 11.7. The maximum atomic E-state index is 11.7. The Morgan fingerprint density at radius 1 is 1.00 bits per heavy atom. The maximum absolute atomic E-state index is 11.7. The molecule has 2 aromatic carbocycles. The first-order valence-corrected chi connectivity index (χ1v) is 6.85. The van der Waals surface area contributed by atoms with Gasteiger partial charge in [0.15, 0.2) is 22.3 Å². The molecule has 0 radical (unpaired) electrons. The van der Waals surface area contributed by atoms with Crippen LogP contribution in [0.3, 0.4) is 0 Å². The van der Waals surface area contributed by atoms with Gasteiger partial charge in [-0.1, -0.05) is 12.1 Å². The Morgan fingerprint density at radius 3 is 2.40 bits per heavy atom. The third kappa shape index (κ3) is 2.44. The second-order valence-corrected chi connectivity index (χ2v) is 5.23. The van der Waals surface area contributed by atoms with Crippen LogP contribution in [0.2, 0.25) is 0 Å². The third-order valence-corrected chi connectivity index (χ3v) is 3.50. The van der Waals surface area contributed by atoms with Crippen molar-refractivity contribution in [3.05, 3.63) is 56.1 Å². The quantitative estimate of drug-likeness (QED) is 0.652. The van der Waals surface area contributed by atoms with Crippen LogP contribution in [0, 0.1) is 3.57 Å². The smallest absolute Gasteiger partial charge is 0.449 e. The van der Waals surface area contributed by atoms with Gasteiger partial charge in [0, 0.05) is 0 Å². The molecule has 0 unspecified atom stereocenters. The molecule has 0 bridgehead atoms. The molecule has 3 aromatic rings. The number of aliphatic hydroxyl groups excluding tert-OH is 1. The zero-order valence-electron chi connectivity index (χ0n) is 10.1. The van der Waals surface area contributed by atoms with Gasteiger partial charge in [-0.15, -0.1) is 0 Å². The first kappa shape index (κ1) is 13.2. The second-order valence-electron chi connectivity index (χ2n) is 4.07. The van der Waals surface area contributed by atoms with Crippen LogP contribution in [-0.4, -0.2) is 5.11 Å². The lowest BCUT2D eigenvalue weighted by molar-refractivity contribution is 0.281. The number of benzene rings is 2. The number of aliphatic hydroxyl groups is 1. The van der Waals surface area contributed by atoms with Crippen LogP contribution in [0.4, 0.5) is 0 Å². The molecule has 1 aromatic heterocycles. The van der Waals surface area contributed by atoms with Crippen LogP contribution in [0.5, 0.6) is 0 Å². The predicted octanol–water partition coefficient (Wildman–Crippen LogP) is 3.35. The number of fused-ring (bicyclic) bond motifs is 2. The highest BCUT2D eigenvalue weighted by Gasteiger charge is 2.07. The summed E-state index contributed by atoms with van der Waals surface area (Å²) in [7, 11) is 0. The molecule has 1 heterocycles. The van der Waals surface area contributed by atoms with E-state index in [0.717, 1.165) is 0 Å². The Labute approximate surface area is 126 Å². The fourth-order valence-electron chi connectivity index (χ4n) is 1.82. The van der Waals surface area contributed by atoms with Crippen molar-refractivity contribution >= 4 is 44.9 Å². The van der Waals surface area contributed by atoms with Crippen LogP contribution < -0.4 is 5.82 Å². The minimum Gasteiger partial charge on any atom is -0.449 e. The lowest BCUT2D eigenvalue weighted by Crippen LogP contribution is -1.95. The topological polar surface area (TPSA) is 76.7 Å². The fourth-order valence-corrected chi connectivity index (χ4v) is 2.59. The van der Waals surface area contributed by atoms with E-state index in [9.17, 15) is 9.90 Å². The summed E-state index contributed by atoms with van der Waals surface area (Å²) in [6.07, 6.45) is 0. The Kier molecular flexibility index (Phi) is 3.49. The van der Waals surface area contributed by atoms with E-state index in [4.69, 9.17) is 13.3 Å². The molecule has 5 nitrogen and oxygen atoms in total. The van der Waals surface area contributed by atoms with Gasteiger partial charge in [-0.3, -0.25) is 0 Å². The zero-order chi connectivity index (χ0) is 14.1. The van der Waals surface area contributed by atoms with Gasteiger partial charge in [0.05, 0.1) is 10.2 Å². The summed E-state index contributed by atoms with van der Waals surface area (Å²) in [5.41, 5.74) is 2.01. The molecule has 1 N–H and O–H groups in total. The Morgan fingerprint density at radius 2 is 1.70 bits per heavy atom. The van der Waals surface area contributed by atoms with Gasteiger partial charge in [-0.05, 0) is 52.4 Å². The van der Waals surface area contributed by atoms with E-state index in [1.807, 2.05) is 22.6 Å². The molecule has 0 spiro atoms. The van der Waals surface area contributed by atoms with E-state index in [-0.39, 0.29) is 17.8 Å². The number of halogens is 1. The fraction of sp³-hybridized carbons (Fsp3) is 0.0714. The third-order valence-electron chi connectivity index (χ3n) is 2.70. The summed E-state index contributed by atoms with van der Waals surface area (Å²) in [6.45, 7) is -0.126. The van der Waals surface area contributed by atoms with Crippen molar-refractivity contribution in [3.8, 4) is 0 Å². The first-order valence-electron chi connectivity index (χ1n) is 5.77. The van der Waals surface area contributed by atoms with Crippen molar-refractivity contribution in [2.24, 2.45) is 0 Å². The van der Waals surface area contributed by atoms with Crippen molar-refractivity contribution < 1.29 is 18.4 Å². The molecule has 0 saturated carbocycles. The average molecular weight is 384 g/mol. The van der Waals surface area contributed by atoms with Gasteiger partial charge < -0.3 is 18.4 Å². The van der Waals surface area contributed by atoms with Gasteiger partial charge >= 0.3 is 5.82 Å². The molecular weight excluding hydrogens is 375 g/mol. The van der Waals surface area contributed by atoms with Crippen molar-refractivity contribution in [3.63, 3.8) is 0 Å². The summed E-state index contributed by atoms with van der Waals surface area (Å²) < 4.78 is 16.6. The summed E-state index contributed by atoms with van der Waals surface area (Å²) >= 11 is 2.01. The number of hydrogen-bond acceptors (Lipinski definition) is 5. The van der Waals surface area contributed by atoms with E-state index < -0.39 is 5.82 Å². The summed E-state index contributed by atoms with van der Waals surface area (Å²) in [5, 5.41) is 9.25. The molecular formula is C14H9IO5. The molecule has 3 rings (SSSR count). The van der Waals surface area contributed by atoms with Gasteiger partial charge in [0.2, 0.25) is 0 Å². The molecule has 0 aliphatic carbocycles. The number of para-hydroxylation sites is 2. The van der Waals surface area contributed by atoms with Crippen LogP contribution in [0.1, 0.15) is 5.56 Å². The monoisotopic (exact) mass is 384 g/mol. The Hall–Kier alpha value is -1.80. The van der Waals surface area contributed by atoms with Gasteiger partial charge in [0.25, 0.3) is 0 Å². The minimum absolute atomic E-state index is 0.126. The largest absolute Gasteiger partial charge is 0.519 e. The molecule has 6 heteroatoms. The molecule has 0 fully saturated rings. The lowest BCUT2D eigenvalue weighted by atomic mass is 10.2. The molecule has 0 amide bonds. The normalized spacial score (nSPS) is 10.9. The van der Waals surface area contributed by atoms with Crippen molar-refractivity contribution in [1.82, 2.24) is 0 Å². The highest BCUT2D eigenvalue weighted by atomic mass is 127. The Balaban J connectivity index is 2.55.